The van der Waals surface area contributed by atoms with E-state index in [1.807, 2.05) is 0 Å². The molecule has 0 aromatic carbocycles. The molecule has 0 aliphatic rings. The smallest absolute Gasteiger partial charge is 0.861 e. The van der Waals surface area contributed by atoms with Crippen molar-refractivity contribution >= 4 is 32.1 Å². The predicted octanol–water partition coefficient (Wildman–Crippen LogP) is 1.05. The van der Waals surface area contributed by atoms with Gasteiger partial charge in [0.25, 0.3) is 0 Å². The van der Waals surface area contributed by atoms with E-state index in [0.717, 1.165) is 0 Å². The zero-order valence-corrected chi connectivity index (χ0v) is 27.2. The molecule has 3 N–H and O–H groups in total. The zero-order chi connectivity index (χ0) is 23.8. The molecule has 0 saturated carbocycles. The fourth-order valence-electron chi connectivity index (χ4n) is 4.15. The van der Waals surface area contributed by atoms with Crippen molar-refractivity contribution in [2.75, 3.05) is 0 Å². The van der Waals surface area contributed by atoms with Gasteiger partial charge in [0.1, 0.15) is 0 Å². The van der Waals surface area contributed by atoms with Crippen molar-refractivity contribution in [2.24, 2.45) is 5.73 Å². The van der Waals surface area contributed by atoms with Crippen molar-refractivity contribution in [3.05, 3.63) is 0 Å². The number of hydrogen-bond acceptors (Lipinski definition) is 5. The van der Waals surface area contributed by atoms with Crippen molar-refractivity contribution in [3.63, 3.8) is 0 Å². The monoisotopic (exact) mass is 507 g/mol. The van der Waals surface area contributed by atoms with Gasteiger partial charge in [-0.3, -0.25) is 0 Å². The van der Waals surface area contributed by atoms with Gasteiger partial charge in [-0.05, 0) is 19.3 Å². The van der Waals surface area contributed by atoms with Crippen molar-refractivity contribution in [1.29, 1.82) is 0 Å². The second kappa shape index (κ2) is 30.0. The fourth-order valence-corrected chi connectivity index (χ4v) is 4.15. The molecule has 0 saturated heterocycles. The minimum atomic E-state index is -5.36. The van der Waals surface area contributed by atoms with Gasteiger partial charge >= 0.3 is 52.6 Å². The molecule has 0 aliphatic heterocycles. The van der Waals surface area contributed by atoms with Gasteiger partial charge in [-0.1, -0.05) is 136 Å². The van der Waals surface area contributed by atoms with Crippen LogP contribution in [0.5, 0.6) is 0 Å². The molecule has 0 bridgehead atoms. The van der Waals surface area contributed by atoms with Gasteiger partial charge in [-0.2, -0.15) is 0 Å². The summed E-state index contributed by atoms with van der Waals surface area (Å²) in [5, 5.41) is 0. The Morgan fingerprint density at radius 2 is 0.727 bits per heavy atom. The van der Waals surface area contributed by atoms with Crippen LogP contribution in [-0.2, 0) is 0 Å². The van der Waals surface area contributed by atoms with Gasteiger partial charge in [-0.15, -0.1) is 9.05 Å². The van der Waals surface area contributed by atoms with Crippen LogP contribution in [0.25, 0.3) is 0 Å². The summed E-state index contributed by atoms with van der Waals surface area (Å²) in [7, 11) is -5.36. The summed E-state index contributed by atoms with van der Waals surface area (Å²) in [5.41, 5.74) is 7.06. The molecule has 0 radical (unpaired) electrons. The van der Waals surface area contributed by atoms with E-state index < -0.39 is 9.05 Å². The third kappa shape index (κ3) is 41.2. The summed E-state index contributed by atoms with van der Waals surface area (Å²) >= 11 is 0. The Bertz CT molecular complexity index is 317. The van der Waals surface area contributed by atoms with Gasteiger partial charge in [0.15, 0.2) is 0 Å². The van der Waals surface area contributed by atoms with E-state index >= 15 is 0 Å². The second-order valence-electron chi connectivity index (χ2n) is 9.44. The number of unbranched alkanes of at least 4 members (excludes halogenated alkanes) is 15. The maximum absolute atomic E-state index is 8.69. The Labute approximate surface area is 246 Å². The Morgan fingerprint density at radius 1 is 0.545 bits per heavy atom. The normalized spacial score (nSPS) is 11.3. The largest absolute Gasteiger partial charge is 2.00 e. The second-order valence-corrected chi connectivity index (χ2v) is 10.5. The first kappa shape index (κ1) is 41.9. The minimum absolute atomic E-state index is 0. The molecule has 0 fully saturated rings. The van der Waals surface area contributed by atoms with E-state index in [9.17, 15) is 0 Å². The molecule has 0 aromatic rings. The SMILES string of the molecule is CCCCCCCCC(N)(CCCCCCCC)CCCCCCCC.[Mg+2].[Na+].[O-][Si]([O-])([O-])O. The number of rotatable bonds is 21. The molecule has 33 heavy (non-hydrogen) atoms. The first-order valence-corrected chi connectivity index (χ1v) is 15.0. The zero-order valence-electron chi connectivity index (χ0n) is 22.8. The fraction of sp³-hybridized carbons (Fsp3) is 1.00. The van der Waals surface area contributed by atoms with Crippen LogP contribution < -0.4 is 49.7 Å². The van der Waals surface area contributed by atoms with Crippen molar-refractivity contribution in [1.82, 2.24) is 0 Å². The topological polar surface area (TPSA) is 115 Å². The molecule has 0 aliphatic carbocycles. The van der Waals surface area contributed by atoms with E-state index in [1.165, 1.54) is 135 Å². The quantitative estimate of drug-likeness (QED) is 0.178. The van der Waals surface area contributed by atoms with Crippen LogP contribution >= 0.6 is 0 Å². The Kier molecular flexibility index (Phi) is 38.1. The molecule has 8 heteroatoms. The third-order valence-electron chi connectivity index (χ3n) is 6.08. The van der Waals surface area contributed by atoms with Gasteiger partial charge in [0.05, 0.1) is 0 Å². The Hall–Kier alpha value is 1.78. The number of hydrogen-bond donors (Lipinski definition) is 2. The van der Waals surface area contributed by atoms with Crippen LogP contribution in [0.3, 0.4) is 0 Å². The van der Waals surface area contributed by atoms with Crippen LogP contribution in [0, 0.1) is 0 Å². The minimum Gasteiger partial charge on any atom is -0.861 e. The maximum atomic E-state index is 8.69. The third-order valence-corrected chi connectivity index (χ3v) is 6.08. The molecule has 190 valence electrons. The summed E-state index contributed by atoms with van der Waals surface area (Å²) < 4.78 is 0. The summed E-state index contributed by atoms with van der Waals surface area (Å²) in [5.74, 6) is 0. The van der Waals surface area contributed by atoms with Crippen molar-refractivity contribution < 1.29 is 48.7 Å². The molecule has 0 amide bonds. The Morgan fingerprint density at radius 3 is 0.939 bits per heavy atom. The van der Waals surface area contributed by atoms with E-state index in [0.29, 0.717) is 0 Å². The van der Waals surface area contributed by atoms with Gasteiger partial charge in [0.2, 0.25) is 0 Å². The standard InChI is InChI=1S/C25H53N.Mg.Na.HO4Si/c1-4-7-10-13-16-19-22-25(26,23-20-17-14-11-8-5-2)24-21-18-15-12-9-6-3;;;1-5(2,3)4/h4-24,26H2,1-3H3;;;1H/q;+2;+1;-3. The Balaban J connectivity index is -0.000000539. The molecule has 0 rings (SSSR count). The molecule has 5 nitrogen and oxygen atoms in total. The molecule has 0 atom stereocenters. The van der Waals surface area contributed by atoms with Gasteiger partial charge in [0, 0.05) is 5.54 Å². The van der Waals surface area contributed by atoms with Crippen LogP contribution in [0.4, 0.5) is 0 Å². The maximum Gasteiger partial charge on any atom is 2.00 e. The van der Waals surface area contributed by atoms with Crippen molar-refractivity contribution in [3.8, 4) is 0 Å². The van der Waals surface area contributed by atoms with E-state index in [2.05, 4.69) is 20.8 Å². The molecule has 0 aromatic heterocycles. The van der Waals surface area contributed by atoms with Crippen LogP contribution in [-0.4, -0.2) is 42.4 Å². The summed E-state index contributed by atoms with van der Waals surface area (Å²) in [6.45, 7) is 6.89. The summed E-state index contributed by atoms with van der Waals surface area (Å²) in [6, 6.07) is 0. The molecule has 0 unspecified atom stereocenters. The first-order chi connectivity index (χ1) is 14.7. The number of nitrogens with two attached hydrogens (primary N) is 1. The van der Waals surface area contributed by atoms with E-state index in [4.69, 9.17) is 24.9 Å². The molecular formula is C25H54MgNNaO4Si. The predicted molar refractivity (Wildman–Crippen MR) is 135 cm³/mol. The van der Waals surface area contributed by atoms with E-state index in [-0.39, 0.29) is 58.1 Å². The van der Waals surface area contributed by atoms with Crippen LogP contribution in [0.1, 0.15) is 156 Å². The summed E-state index contributed by atoms with van der Waals surface area (Å²) in [6.07, 6.45) is 28.8. The van der Waals surface area contributed by atoms with Crippen molar-refractivity contribution in [2.45, 2.75) is 161 Å². The van der Waals surface area contributed by atoms with Gasteiger partial charge < -0.3 is 24.9 Å². The average Bonchev–Trinajstić information content (AvgIpc) is 2.69. The molecule has 0 heterocycles. The molecule has 0 spiro atoms. The average molecular weight is 508 g/mol. The van der Waals surface area contributed by atoms with E-state index in [1.54, 1.807) is 0 Å². The van der Waals surface area contributed by atoms with Crippen LogP contribution in [0.15, 0.2) is 0 Å². The first-order valence-electron chi connectivity index (χ1n) is 13.3. The molecular weight excluding hydrogens is 454 g/mol. The summed E-state index contributed by atoms with van der Waals surface area (Å²) in [4.78, 5) is 33.1. The van der Waals surface area contributed by atoms with Gasteiger partial charge in [-0.25, -0.2) is 0 Å². The van der Waals surface area contributed by atoms with Crippen LogP contribution in [0.2, 0.25) is 0 Å².